The zero-order valence-corrected chi connectivity index (χ0v) is 16.5. The van der Waals surface area contributed by atoms with Gasteiger partial charge in [-0.2, -0.15) is 0 Å². The van der Waals surface area contributed by atoms with Gasteiger partial charge < -0.3 is 10.2 Å². The summed E-state index contributed by atoms with van der Waals surface area (Å²) < 4.78 is 1.67. The number of nitrogens with zero attached hydrogens (tertiary/aromatic N) is 3. The molecule has 144 valence electrons. The van der Waals surface area contributed by atoms with Crippen LogP contribution in [0.1, 0.15) is 19.4 Å². The van der Waals surface area contributed by atoms with Crippen molar-refractivity contribution in [1.82, 2.24) is 19.6 Å². The highest BCUT2D eigenvalue weighted by Gasteiger charge is 2.10. The van der Waals surface area contributed by atoms with Crippen molar-refractivity contribution in [2.75, 3.05) is 26.2 Å². The van der Waals surface area contributed by atoms with Crippen LogP contribution < -0.4 is 10.9 Å². The minimum atomic E-state index is -0.0178. The third-order valence-corrected chi connectivity index (χ3v) is 5.40. The van der Waals surface area contributed by atoms with Gasteiger partial charge in [0, 0.05) is 31.4 Å². The molecule has 2 heterocycles. The highest BCUT2D eigenvalue weighted by Crippen LogP contribution is 2.20. The molecule has 0 unspecified atom stereocenters. The summed E-state index contributed by atoms with van der Waals surface area (Å²) in [5.41, 5.74) is 2.50. The van der Waals surface area contributed by atoms with Crippen molar-refractivity contribution in [3.63, 3.8) is 0 Å². The van der Waals surface area contributed by atoms with Gasteiger partial charge >= 0.3 is 0 Å². The predicted molar refractivity (Wildman–Crippen MR) is 116 cm³/mol. The Morgan fingerprint density at radius 2 is 1.79 bits per heavy atom. The molecule has 0 saturated carbocycles. The SMILES string of the molecule is CCN(CC)CCNCc1cccn2c(=O)c3cc4ccccc4cc3nc12. The Bertz CT molecular complexity index is 1180. The standard InChI is InChI=1S/C23H26N4O/c1-3-26(4-2)13-11-24-16-19-10-7-12-27-22(19)25-21-15-18-9-6-5-8-17(18)14-20(21)23(27)28/h5-10,12,14-15,24H,3-4,11,13,16H2,1-2H3. The Hall–Kier alpha value is -2.76. The summed E-state index contributed by atoms with van der Waals surface area (Å²) in [6.07, 6.45) is 1.80. The first-order valence-corrected chi connectivity index (χ1v) is 9.97. The van der Waals surface area contributed by atoms with Crippen molar-refractivity contribution in [2.24, 2.45) is 0 Å². The summed E-state index contributed by atoms with van der Waals surface area (Å²) in [6.45, 7) is 9.09. The Balaban J connectivity index is 1.70. The Kier molecular flexibility index (Phi) is 5.37. The van der Waals surface area contributed by atoms with Crippen LogP contribution in [-0.4, -0.2) is 40.5 Å². The van der Waals surface area contributed by atoms with Crippen molar-refractivity contribution < 1.29 is 0 Å². The summed E-state index contributed by atoms with van der Waals surface area (Å²) in [5, 5.41) is 6.31. The molecule has 28 heavy (non-hydrogen) atoms. The molecule has 0 aliphatic carbocycles. The lowest BCUT2D eigenvalue weighted by Gasteiger charge is -2.18. The van der Waals surface area contributed by atoms with Gasteiger partial charge in [0.2, 0.25) is 0 Å². The number of aromatic nitrogens is 2. The number of rotatable bonds is 7. The lowest BCUT2D eigenvalue weighted by atomic mass is 10.1. The van der Waals surface area contributed by atoms with E-state index in [0.717, 1.165) is 53.7 Å². The summed E-state index contributed by atoms with van der Waals surface area (Å²) >= 11 is 0. The van der Waals surface area contributed by atoms with Crippen molar-refractivity contribution in [1.29, 1.82) is 0 Å². The second-order valence-corrected chi connectivity index (χ2v) is 7.06. The number of pyridine rings is 1. The molecule has 0 radical (unpaired) electrons. The maximum atomic E-state index is 13.1. The fourth-order valence-electron chi connectivity index (χ4n) is 3.71. The summed E-state index contributed by atoms with van der Waals surface area (Å²) in [6, 6.07) is 16.0. The molecule has 5 heteroatoms. The maximum absolute atomic E-state index is 13.1. The van der Waals surface area contributed by atoms with E-state index in [9.17, 15) is 4.79 Å². The van der Waals surface area contributed by atoms with Crippen LogP contribution in [0.4, 0.5) is 0 Å². The first-order valence-electron chi connectivity index (χ1n) is 9.97. The van der Waals surface area contributed by atoms with Gasteiger partial charge in [-0.1, -0.05) is 44.2 Å². The van der Waals surface area contributed by atoms with Crippen LogP contribution in [0.5, 0.6) is 0 Å². The van der Waals surface area contributed by atoms with Crippen molar-refractivity contribution >= 4 is 27.3 Å². The molecule has 0 atom stereocenters. The third kappa shape index (κ3) is 3.51. The lowest BCUT2D eigenvalue weighted by molar-refractivity contribution is 0.302. The molecule has 0 aliphatic heterocycles. The van der Waals surface area contributed by atoms with Crippen molar-refractivity contribution in [3.8, 4) is 0 Å². The molecule has 5 nitrogen and oxygen atoms in total. The van der Waals surface area contributed by atoms with E-state index >= 15 is 0 Å². The minimum absolute atomic E-state index is 0.0178. The third-order valence-electron chi connectivity index (χ3n) is 5.40. The number of hydrogen-bond donors (Lipinski definition) is 1. The van der Waals surface area contributed by atoms with Gasteiger partial charge in [0.15, 0.2) is 0 Å². The molecule has 0 spiro atoms. The van der Waals surface area contributed by atoms with Gasteiger partial charge in [0.05, 0.1) is 10.9 Å². The molecular formula is C23H26N4O. The van der Waals surface area contributed by atoms with Gasteiger partial charge in [-0.3, -0.25) is 9.20 Å². The molecule has 2 aromatic heterocycles. The quantitative estimate of drug-likeness (QED) is 0.398. The second kappa shape index (κ2) is 8.09. The lowest BCUT2D eigenvalue weighted by Crippen LogP contribution is -2.31. The topological polar surface area (TPSA) is 49.6 Å². The van der Waals surface area contributed by atoms with Crippen molar-refractivity contribution in [3.05, 3.63) is 70.6 Å². The molecule has 0 amide bonds. The number of hydrogen-bond acceptors (Lipinski definition) is 4. The van der Waals surface area contributed by atoms with Gasteiger partial charge in [0.25, 0.3) is 5.56 Å². The Labute approximate surface area is 164 Å². The monoisotopic (exact) mass is 374 g/mol. The second-order valence-electron chi connectivity index (χ2n) is 7.06. The maximum Gasteiger partial charge on any atom is 0.265 e. The smallest absolute Gasteiger partial charge is 0.265 e. The fourth-order valence-corrected chi connectivity index (χ4v) is 3.71. The van der Waals surface area contributed by atoms with Crippen LogP contribution in [0, 0.1) is 0 Å². The summed E-state index contributed by atoms with van der Waals surface area (Å²) in [5.74, 6) is 0. The van der Waals surface area contributed by atoms with E-state index in [4.69, 9.17) is 4.98 Å². The van der Waals surface area contributed by atoms with Gasteiger partial charge in [-0.05, 0) is 42.1 Å². The van der Waals surface area contributed by atoms with Gasteiger partial charge in [-0.15, -0.1) is 0 Å². The predicted octanol–water partition coefficient (Wildman–Crippen LogP) is 3.43. The molecular weight excluding hydrogens is 348 g/mol. The molecule has 0 fully saturated rings. The van der Waals surface area contributed by atoms with E-state index in [1.807, 2.05) is 42.5 Å². The zero-order valence-electron chi connectivity index (χ0n) is 16.5. The first-order chi connectivity index (χ1) is 13.7. The van der Waals surface area contributed by atoms with Crippen molar-refractivity contribution in [2.45, 2.75) is 20.4 Å². The van der Waals surface area contributed by atoms with E-state index in [-0.39, 0.29) is 5.56 Å². The van der Waals surface area contributed by atoms with Crippen LogP contribution in [0.25, 0.3) is 27.3 Å². The van der Waals surface area contributed by atoms with E-state index in [2.05, 4.69) is 30.1 Å². The molecule has 2 aromatic carbocycles. The normalized spacial score (nSPS) is 11.8. The molecule has 0 saturated heterocycles. The average molecular weight is 374 g/mol. The van der Waals surface area contributed by atoms with E-state index < -0.39 is 0 Å². The minimum Gasteiger partial charge on any atom is -0.311 e. The largest absolute Gasteiger partial charge is 0.311 e. The molecule has 4 rings (SSSR count). The van der Waals surface area contributed by atoms with E-state index in [0.29, 0.717) is 11.9 Å². The number of nitrogens with one attached hydrogen (secondary N) is 1. The fraction of sp³-hybridized carbons (Fsp3) is 0.304. The van der Waals surface area contributed by atoms with E-state index in [1.165, 1.54) is 0 Å². The van der Waals surface area contributed by atoms with Crippen LogP contribution >= 0.6 is 0 Å². The Morgan fingerprint density at radius 3 is 2.54 bits per heavy atom. The Morgan fingerprint density at radius 1 is 1.04 bits per heavy atom. The number of benzene rings is 2. The van der Waals surface area contributed by atoms with Gasteiger partial charge in [-0.25, -0.2) is 4.98 Å². The van der Waals surface area contributed by atoms with Crippen LogP contribution in [0.3, 0.4) is 0 Å². The average Bonchev–Trinajstić information content (AvgIpc) is 2.73. The summed E-state index contributed by atoms with van der Waals surface area (Å²) in [4.78, 5) is 20.3. The molecule has 1 N–H and O–H groups in total. The molecule has 0 bridgehead atoms. The highest BCUT2D eigenvalue weighted by molar-refractivity contribution is 5.96. The summed E-state index contributed by atoms with van der Waals surface area (Å²) in [7, 11) is 0. The first kappa shape index (κ1) is 18.6. The van der Waals surface area contributed by atoms with Crippen LogP contribution in [-0.2, 0) is 6.54 Å². The molecule has 0 aliphatic rings. The number of likely N-dealkylation sites (N-methyl/N-ethyl adjacent to an activating group) is 1. The molecule has 4 aromatic rings. The highest BCUT2D eigenvalue weighted by atomic mass is 16.1. The van der Waals surface area contributed by atoms with Crippen LogP contribution in [0.15, 0.2) is 59.5 Å². The van der Waals surface area contributed by atoms with E-state index in [1.54, 1.807) is 10.6 Å². The van der Waals surface area contributed by atoms with Gasteiger partial charge in [0.1, 0.15) is 5.65 Å². The van der Waals surface area contributed by atoms with Crippen LogP contribution in [0.2, 0.25) is 0 Å². The number of fused-ring (bicyclic) bond motifs is 3. The zero-order chi connectivity index (χ0) is 19.5.